The van der Waals surface area contributed by atoms with Crippen LogP contribution in [-0.2, 0) is 7.05 Å². The highest BCUT2D eigenvalue weighted by Gasteiger charge is 2.39. The molecule has 0 spiro atoms. The van der Waals surface area contributed by atoms with Crippen LogP contribution in [0.4, 0.5) is 5.82 Å². The zero-order valence-corrected chi connectivity index (χ0v) is 13.7. The first kappa shape index (κ1) is 13.4. The Balaban J connectivity index is 1.95. The van der Waals surface area contributed by atoms with Crippen molar-refractivity contribution in [1.82, 2.24) is 9.78 Å². The quantitative estimate of drug-likeness (QED) is 0.464. The molecule has 0 radical (unpaired) electrons. The van der Waals surface area contributed by atoms with E-state index in [1.807, 2.05) is 24.3 Å². The van der Waals surface area contributed by atoms with Gasteiger partial charge in [-0.25, -0.2) is 4.90 Å². The summed E-state index contributed by atoms with van der Waals surface area (Å²) >= 11 is 2.08. The van der Waals surface area contributed by atoms with E-state index in [1.165, 1.54) is 4.90 Å². The van der Waals surface area contributed by atoms with Crippen LogP contribution in [0, 0.1) is 3.57 Å². The van der Waals surface area contributed by atoms with E-state index in [9.17, 15) is 9.59 Å². The number of aryl methyl sites for hydroxylation is 1. The minimum absolute atomic E-state index is 0.299. The average molecular weight is 403 g/mol. The van der Waals surface area contributed by atoms with E-state index in [-0.39, 0.29) is 11.8 Å². The summed E-state index contributed by atoms with van der Waals surface area (Å²) in [5.41, 5.74) is 0.890. The number of aromatic nitrogens is 2. The van der Waals surface area contributed by atoms with Gasteiger partial charge in [0.15, 0.2) is 5.82 Å². The number of halogens is 1. The molecule has 0 saturated heterocycles. The van der Waals surface area contributed by atoms with Gasteiger partial charge in [0, 0.05) is 7.05 Å². The smallest absolute Gasteiger partial charge is 0.267 e. The molecule has 0 N–H and O–H groups in total. The highest BCUT2D eigenvalue weighted by atomic mass is 127. The number of anilines is 1. The molecule has 1 aromatic heterocycles. The fourth-order valence-corrected chi connectivity index (χ4v) is 3.49. The summed E-state index contributed by atoms with van der Waals surface area (Å²) in [6.07, 6.45) is 1.63. The summed E-state index contributed by atoms with van der Waals surface area (Å²) in [7, 11) is 1.72. The van der Waals surface area contributed by atoms with Crippen LogP contribution in [0.1, 0.15) is 20.7 Å². The Bertz CT molecular complexity index is 887. The number of amides is 2. The van der Waals surface area contributed by atoms with Crippen molar-refractivity contribution in [3.05, 3.63) is 57.3 Å². The van der Waals surface area contributed by atoms with Crippen molar-refractivity contribution in [3.8, 4) is 0 Å². The maximum absolute atomic E-state index is 12.7. The van der Waals surface area contributed by atoms with Crippen molar-refractivity contribution < 1.29 is 9.59 Å². The first-order valence-corrected chi connectivity index (χ1v) is 7.75. The summed E-state index contributed by atoms with van der Waals surface area (Å²) in [5.74, 6) is -0.0876. The van der Waals surface area contributed by atoms with Gasteiger partial charge in [0.2, 0.25) is 0 Å². The van der Waals surface area contributed by atoms with Crippen LogP contribution in [0.5, 0.6) is 0 Å². The van der Waals surface area contributed by atoms with Crippen LogP contribution in [0.15, 0.2) is 42.6 Å². The van der Waals surface area contributed by atoms with Gasteiger partial charge in [-0.2, -0.15) is 5.10 Å². The average Bonchev–Trinajstić information content (AvgIpc) is 2.96. The predicted octanol–water partition coefficient (Wildman–Crippen LogP) is 2.98. The molecule has 0 fully saturated rings. The first-order chi connectivity index (χ1) is 10.6. The molecule has 0 bridgehead atoms. The number of hydrogen-bond donors (Lipinski definition) is 0. The highest BCUT2D eigenvalue weighted by Crippen LogP contribution is 2.33. The maximum atomic E-state index is 12.7. The second kappa shape index (κ2) is 4.64. The zero-order valence-electron chi connectivity index (χ0n) is 11.6. The molecule has 2 aromatic carbocycles. The molecule has 108 valence electrons. The van der Waals surface area contributed by atoms with Crippen molar-refractivity contribution >= 4 is 51.0 Å². The normalized spacial score (nSPS) is 14.0. The molecule has 0 atom stereocenters. The number of carbonyl (C=O) groups is 2. The summed E-state index contributed by atoms with van der Waals surface area (Å²) < 4.78 is 2.31. The summed E-state index contributed by atoms with van der Waals surface area (Å²) in [5, 5.41) is 6.01. The molecular formula is C16H10IN3O2. The Morgan fingerprint density at radius 1 is 1.00 bits per heavy atom. The molecular weight excluding hydrogens is 393 g/mol. The number of nitrogens with zero attached hydrogens (tertiary/aromatic N) is 3. The first-order valence-electron chi connectivity index (χ1n) is 6.67. The monoisotopic (exact) mass is 403 g/mol. The second-order valence-corrected chi connectivity index (χ2v) is 6.29. The molecule has 0 saturated carbocycles. The van der Waals surface area contributed by atoms with Gasteiger partial charge in [0.05, 0.1) is 20.9 Å². The van der Waals surface area contributed by atoms with Crippen LogP contribution in [0.25, 0.3) is 10.8 Å². The van der Waals surface area contributed by atoms with Gasteiger partial charge in [-0.15, -0.1) is 0 Å². The largest absolute Gasteiger partial charge is 0.268 e. The van der Waals surface area contributed by atoms with Gasteiger partial charge in [-0.3, -0.25) is 14.3 Å². The van der Waals surface area contributed by atoms with Crippen LogP contribution >= 0.6 is 22.6 Å². The Hall–Kier alpha value is -2.22. The van der Waals surface area contributed by atoms with Crippen molar-refractivity contribution in [2.45, 2.75) is 0 Å². The summed E-state index contributed by atoms with van der Waals surface area (Å²) in [4.78, 5) is 26.6. The Morgan fingerprint density at radius 3 is 2.00 bits per heavy atom. The van der Waals surface area contributed by atoms with Crippen LogP contribution in [0.2, 0.25) is 0 Å². The molecule has 0 unspecified atom stereocenters. The molecule has 0 aliphatic carbocycles. The van der Waals surface area contributed by atoms with Gasteiger partial charge in [0.25, 0.3) is 11.8 Å². The van der Waals surface area contributed by atoms with Crippen molar-refractivity contribution in [1.29, 1.82) is 0 Å². The standard InChI is InChI=1S/C16H10IN3O2/c1-19-14(13(17)8-18-19)20-15(21)11-6-9-4-2-3-5-10(9)7-12(11)16(20)22/h2-8H,1H3. The SMILES string of the molecule is Cn1ncc(I)c1N1C(=O)c2cc3ccccc3cc2C1=O. The molecule has 5 nitrogen and oxygen atoms in total. The summed E-state index contributed by atoms with van der Waals surface area (Å²) in [6.45, 7) is 0. The third kappa shape index (κ3) is 1.73. The molecule has 1 aliphatic heterocycles. The number of benzene rings is 2. The fraction of sp³-hybridized carbons (Fsp3) is 0.0625. The lowest BCUT2D eigenvalue weighted by molar-refractivity contribution is 0.0923. The van der Waals surface area contributed by atoms with E-state index in [2.05, 4.69) is 27.7 Å². The Kier molecular flexibility index (Phi) is 2.83. The number of fused-ring (bicyclic) bond motifs is 2. The maximum Gasteiger partial charge on any atom is 0.267 e. The lowest BCUT2D eigenvalue weighted by atomic mass is 10.0. The summed E-state index contributed by atoms with van der Waals surface area (Å²) in [6, 6.07) is 11.3. The van der Waals surface area contributed by atoms with Gasteiger partial charge >= 0.3 is 0 Å². The Labute approximate surface area is 139 Å². The second-order valence-electron chi connectivity index (χ2n) is 5.13. The highest BCUT2D eigenvalue weighted by molar-refractivity contribution is 14.1. The minimum Gasteiger partial charge on any atom is -0.268 e. The van der Waals surface area contributed by atoms with E-state index < -0.39 is 0 Å². The number of hydrogen-bond acceptors (Lipinski definition) is 3. The lowest BCUT2D eigenvalue weighted by Crippen LogP contribution is -2.31. The third-order valence-electron chi connectivity index (χ3n) is 3.83. The van der Waals surface area contributed by atoms with Crippen molar-refractivity contribution in [2.75, 3.05) is 4.90 Å². The van der Waals surface area contributed by atoms with Crippen molar-refractivity contribution in [3.63, 3.8) is 0 Å². The van der Waals surface area contributed by atoms with E-state index >= 15 is 0 Å². The molecule has 6 heteroatoms. The van der Waals surface area contributed by atoms with Gasteiger partial charge in [-0.05, 0) is 45.5 Å². The molecule has 3 aromatic rings. The molecule has 2 amide bonds. The number of carbonyl (C=O) groups excluding carboxylic acids is 2. The zero-order chi connectivity index (χ0) is 15.4. The number of imide groups is 1. The Morgan fingerprint density at radius 2 is 1.55 bits per heavy atom. The van der Waals surface area contributed by atoms with Crippen LogP contribution < -0.4 is 4.90 Å². The van der Waals surface area contributed by atoms with Gasteiger partial charge in [0.1, 0.15) is 0 Å². The van der Waals surface area contributed by atoms with E-state index in [0.29, 0.717) is 16.9 Å². The van der Waals surface area contributed by atoms with E-state index in [0.717, 1.165) is 14.3 Å². The van der Waals surface area contributed by atoms with Crippen molar-refractivity contribution in [2.24, 2.45) is 7.05 Å². The lowest BCUT2D eigenvalue weighted by Gasteiger charge is -2.14. The third-order valence-corrected chi connectivity index (χ3v) is 4.59. The van der Waals surface area contributed by atoms with Gasteiger partial charge in [-0.1, -0.05) is 24.3 Å². The molecule has 22 heavy (non-hydrogen) atoms. The van der Waals surface area contributed by atoms with Crippen LogP contribution in [0.3, 0.4) is 0 Å². The topological polar surface area (TPSA) is 55.2 Å². The molecule has 2 heterocycles. The molecule has 1 aliphatic rings. The number of rotatable bonds is 1. The minimum atomic E-state index is -0.299. The predicted molar refractivity (Wildman–Crippen MR) is 91.0 cm³/mol. The van der Waals surface area contributed by atoms with E-state index in [1.54, 1.807) is 30.1 Å². The van der Waals surface area contributed by atoms with Crippen LogP contribution in [-0.4, -0.2) is 21.6 Å². The molecule has 4 rings (SSSR count). The fourth-order valence-electron chi connectivity index (χ4n) is 2.78. The van der Waals surface area contributed by atoms with Gasteiger partial charge < -0.3 is 0 Å². The van der Waals surface area contributed by atoms with E-state index in [4.69, 9.17) is 0 Å².